The monoisotopic (exact) mass is 307 g/mol. The number of rotatable bonds is 2. The molecule has 114 valence electrons. The molecule has 1 fully saturated rings. The van der Waals surface area contributed by atoms with Crippen LogP contribution >= 0.6 is 0 Å². The summed E-state index contributed by atoms with van der Waals surface area (Å²) in [5, 5.41) is 6.05. The van der Waals surface area contributed by atoms with Gasteiger partial charge < -0.3 is 10.8 Å². The minimum absolute atomic E-state index is 0.0475. The van der Waals surface area contributed by atoms with Gasteiger partial charge >= 0.3 is 12.1 Å². The Morgan fingerprint density at radius 2 is 1.58 bits per heavy atom. The van der Waals surface area contributed by atoms with Gasteiger partial charge in [0.15, 0.2) is 0 Å². The summed E-state index contributed by atoms with van der Waals surface area (Å²) < 4.78 is 61.7. The van der Waals surface area contributed by atoms with E-state index in [-0.39, 0.29) is 5.92 Å². The quantitative estimate of drug-likeness (QED) is 0.663. The van der Waals surface area contributed by atoms with E-state index in [1.807, 2.05) is 0 Å². The highest BCUT2D eigenvalue weighted by Gasteiger charge is 2.38. The first-order valence-electron chi connectivity index (χ1n) is 5.48. The molecule has 0 spiro atoms. The zero-order valence-electron chi connectivity index (χ0n) is 9.93. The Balaban J connectivity index is 0.000000399. The molecule has 0 amide bonds. The van der Waals surface area contributed by atoms with Crippen LogP contribution in [0.3, 0.4) is 0 Å². The highest BCUT2D eigenvalue weighted by molar-refractivity contribution is 7.86. The van der Waals surface area contributed by atoms with Gasteiger partial charge in [0.2, 0.25) is 0 Å². The first-order valence-corrected chi connectivity index (χ1v) is 6.98. The van der Waals surface area contributed by atoms with Gasteiger partial charge in [-0.05, 0) is 18.8 Å². The molecule has 0 aromatic rings. The number of halogens is 3. The summed E-state index contributed by atoms with van der Waals surface area (Å²) in [4.78, 5) is 8.90. The van der Waals surface area contributed by atoms with Crippen molar-refractivity contribution in [1.29, 1.82) is 0 Å². The van der Waals surface area contributed by atoms with Gasteiger partial charge in [-0.25, -0.2) is 4.79 Å². The van der Waals surface area contributed by atoms with E-state index in [2.05, 4.69) is 0 Å². The van der Waals surface area contributed by atoms with Gasteiger partial charge in [0.1, 0.15) is 5.37 Å². The Kier molecular flexibility index (Phi) is 6.73. The van der Waals surface area contributed by atoms with E-state index >= 15 is 0 Å². The summed E-state index contributed by atoms with van der Waals surface area (Å²) in [6.45, 7) is 0. The van der Waals surface area contributed by atoms with E-state index < -0.39 is 27.6 Å². The van der Waals surface area contributed by atoms with Gasteiger partial charge in [0.25, 0.3) is 10.1 Å². The Hall–Kier alpha value is -0.870. The molecule has 1 rings (SSSR count). The molecule has 19 heavy (non-hydrogen) atoms. The van der Waals surface area contributed by atoms with Crippen molar-refractivity contribution in [3.05, 3.63) is 0 Å². The molecular formula is C9H16F3NO5S. The summed E-state index contributed by atoms with van der Waals surface area (Å²) in [7, 11) is -4.02. The molecular weight excluding hydrogens is 291 g/mol. The molecule has 0 aliphatic heterocycles. The summed E-state index contributed by atoms with van der Waals surface area (Å²) in [6, 6.07) is 0. The molecule has 1 aliphatic carbocycles. The van der Waals surface area contributed by atoms with Crippen molar-refractivity contribution in [3.8, 4) is 0 Å². The van der Waals surface area contributed by atoms with E-state index in [1.54, 1.807) is 0 Å². The minimum Gasteiger partial charge on any atom is -0.475 e. The molecule has 0 heterocycles. The Morgan fingerprint density at radius 1 is 1.21 bits per heavy atom. The van der Waals surface area contributed by atoms with Crippen LogP contribution in [0.5, 0.6) is 0 Å². The predicted molar refractivity (Wildman–Crippen MR) is 59.8 cm³/mol. The zero-order valence-corrected chi connectivity index (χ0v) is 10.7. The van der Waals surface area contributed by atoms with Crippen molar-refractivity contribution < 1.29 is 36.0 Å². The number of hydrogen-bond acceptors (Lipinski definition) is 4. The van der Waals surface area contributed by atoms with Crippen LogP contribution in [0, 0.1) is 5.92 Å². The molecule has 6 nitrogen and oxygen atoms in total. The van der Waals surface area contributed by atoms with Gasteiger partial charge in [-0.15, -0.1) is 0 Å². The van der Waals surface area contributed by atoms with Gasteiger partial charge in [-0.1, -0.05) is 19.3 Å². The molecule has 0 aromatic heterocycles. The van der Waals surface area contributed by atoms with E-state index in [0.29, 0.717) is 0 Å². The van der Waals surface area contributed by atoms with E-state index in [4.69, 9.17) is 20.2 Å². The average molecular weight is 307 g/mol. The molecule has 1 aliphatic rings. The molecule has 1 atom stereocenters. The third-order valence-electron chi connectivity index (χ3n) is 2.70. The van der Waals surface area contributed by atoms with E-state index in [9.17, 15) is 21.6 Å². The molecule has 1 unspecified atom stereocenters. The van der Waals surface area contributed by atoms with Crippen LogP contribution in [-0.2, 0) is 14.9 Å². The number of carboxylic acids is 1. The van der Waals surface area contributed by atoms with Gasteiger partial charge in [0.05, 0.1) is 0 Å². The van der Waals surface area contributed by atoms with Crippen molar-refractivity contribution in [2.24, 2.45) is 11.7 Å². The van der Waals surface area contributed by atoms with Gasteiger partial charge in [-0.2, -0.15) is 21.6 Å². The number of carboxylic acid groups (broad SMARTS) is 1. The first-order chi connectivity index (χ1) is 8.46. The molecule has 0 radical (unpaired) electrons. The Morgan fingerprint density at radius 3 is 1.84 bits per heavy atom. The lowest BCUT2D eigenvalue weighted by Gasteiger charge is -2.24. The highest BCUT2D eigenvalue weighted by atomic mass is 32.2. The smallest absolute Gasteiger partial charge is 0.475 e. The third-order valence-corrected chi connectivity index (χ3v) is 3.77. The summed E-state index contributed by atoms with van der Waals surface area (Å²) >= 11 is 0. The van der Waals surface area contributed by atoms with Crippen LogP contribution in [0.2, 0.25) is 0 Å². The van der Waals surface area contributed by atoms with E-state index in [1.165, 1.54) is 0 Å². The predicted octanol–water partition coefficient (Wildman–Crippen LogP) is 1.37. The summed E-state index contributed by atoms with van der Waals surface area (Å²) in [5.74, 6) is -2.80. The Bertz CT molecular complexity index is 389. The third kappa shape index (κ3) is 7.33. The average Bonchev–Trinajstić information content (AvgIpc) is 2.27. The van der Waals surface area contributed by atoms with Crippen molar-refractivity contribution in [2.45, 2.75) is 43.7 Å². The number of nitrogens with two attached hydrogens (primary N) is 1. The minimum atomic E-state index is -5.08. The second-order valence-electron chi connectivity index (χ2n) is 4.18. The second-order valence-corrected chi connectivity index (χ2v) is 5.75. The van der Waals surface area contributed by atoms with Crippen molar-refractivity contribution in [2.75, 3.05) is 0 Å². The number of carbonyl (C=O) groups is 1. The maximum Gasteiger partial charge on any atom is 0.490 e. The fourth-order valence-electron chi connectivity index (χ4n) is 1.71. The maximum absolute atomic E-state index is 10.7. The standard InChI is InChI=1S/C7H15NO3S.C2HF3O2/c8-7(12(9,10)11)6-4-2-1-3-5-6;3-2(4,5)1(6)7/h6-7H,1-5,8H2,(H,9,10,11);(H,6,7). The van der Waals surface area contributed by atoms with Crippen LogP contribution in [-0.4, -0.2) is 35.6 Å². The van der Waals surface area contributed by atoms with E-state index in [0.717, 1.165) is 32.1 Å². The van der Waals surface area contributed by atoms with Gasteiger partial charge in [-0.3, -0.25) is 4.55 Å². The number of alkyl halides is 3. The summed E-state index contributed by atoms with van der Waals surface area (Å²) in [6.07, 6.45) is -0.252. The fourth-order valence-corrected chi connectivity index (χ4v) is 2.46. The van der Waals surface area contributed by atoms with Crippen molar-refractivity contribution in [3.63, 3.8) is 0 Å². The van der Waals surface area contributed by atoms with Crippen LogP contribution < -0.4 is 5.73 Å². The van der Waals surface area contributed by atoms with Crippen LogP contribution in [0.1, 0.15) is 32.1 Å². The zero-order chi connectivity index (χ0) is 15.3. The lowest BCUT2D eigenvalue weighted by molar-refractivity contribution is -0.192. The molecule has 10 heteroatoms. The lowest BCUT2D eigenvalue weighted by Crippen LogP contribution is -2.38. The molecule has 0 saturated heterocycles. The normalized spacial score (nSPS) is 19.2. The maximum atomic E-state index is 10.7. The van der Waals surface area contributed by atoms with Gasteiger partial charge in [0, 0.05) is 0 Å². The highest BCUT2D eigenvalue weighted by Crippen LogP contribution is 2.27. The summed E-state index contributed by atoms with van der Waals surface area (Å²) in [5.41, 5.74) is 5.39. The largest absolute Gasteiger partial charge is 0.490 e. The van der Waals surface area contributed by atoms with Crippen molar-refractivity contribution in [1.82, 2.24) is 0 Å². The molecule has 0 bridgehead atoms. The topological polar surface area (TPSA) is 118 Å². The SMILES string of the molecule is NC(C1CCCCC1)S(=O)(=O)O.O=C(O)C(F)(F)F. The molecule has 0 aromatic carbocycles. The number of hydrogen-bond donors (Lipinski definition) is 3. The number of aliphatic carboxylic acids is 1. The molecule has 1 saturated carbocycles. The van der Waals surface area contributed by atoms with Crippen LogP contribution in [0.15, 0.2) is 0 Å². The Labute approximate surface area is 108 Å². The van der Waals surface area contributed by atoms with Crippen LogP contribution in [0.4, 0.5) is 13.2 Å². The lowest BCUT2D eigenvalue weighted by atomic mass is 9.89. The van der Waals surface area contributed by atoms with Crippen molar-refractivity contribution >= 4 is 16.1 Å². The first kappa shape index (κ1) is 18.1. The molecule has 4 N–H and O–H groups in total. The second kappa shape index (κ2) is 7.06. The fraction of sp³-hybridized carbons (Fsp3) is 0.889. The van der Waals surface area contributed by atoms with Crippen LogP contribution in [0.25, 0.3) is 0 Å².